The fourth-order valence-electron chi connectivity index (χ4n) is 2.97. The van der Waals surface area contributed by atoms with E-state index in [0.717, 1.165) is 31.5 Å². The number of hydrogen-bond donors (Lipinski definition) is 0. The number of aryl methyl sites for hydroxylation is 2. The highest BCUT2D eigenvalue weighted by atomic mass is 16.2. The number of aromatic nitrogens is 4. The highest BCUT2D eigenvalue weighted by molar-refractivity contribution is 5.92. The summed E-state index contributed by atoms with van der Waals surface area (Å²) in [6.45, 7) is 3.61. The predicted molar refractivity (Wildman–Crippen MR) is 78.8 cm³/mol. The smallest absolute Gasteiger partial charge is 0.272 e. The maximum absolute atomic E-state index is 12.7. The maximum Gasteiger partial charge on any atom is 0.272 e. The molecule has 1 fully saturated rings. The van der Waals surface area contributed by atoms with Crippen molar-refractivity contribution in [3.8, 4) is 0 Å². The van der Waals surface area contributed by atoms with Crippen LogP contribution in [0.25, 0.3) is 0 Å². The van der Waals surface area contributed by atoms with Crippen LogP contribution in [0.5, 0.6) is 0 Å². The first-order valence-corrected chi connectivity index (χ1v) is 7.43. The normalized spacial score (nSPS) is 19.0. The SMILES string of the molecule is Cc1cnn(CC2CCCCN2C(=O)c2ccnn2C)c1. The largest absolute Gasteiger partial charge is 0.332 e. The molecule has 21 heavy (non-hydrogen) atoms. The highest BCUT2D eigenvalue weighted by Crippen LogP contribution is 2.21. The third-order valence-corrected chi connectivity index (χ3v) is 4.09. The Hall–Kier alpha value is -2.11. The first-order valence-electron chi connectivity index (χ1n) is 7.43. The summed E-state index contributed by atoms with van der Waals surface area (Å²) >= 11 is 0. The van der Waals surface area contributed by atoms with Gasteiger partial charge in [-0.1, -0.05) is 0 Å². The van der Waals surface area contributed by atoms with Crippen molar-refractivity contribution in [2.75, 3.05) is 6.54 Å². The van der Waals surface area contributed by atoms with Crippen LogP contribution in [0.1, 0.15) is 35.3 Å². The molecule has 112 valence electrons. The lowest BCUT2D eigenvalue weighted by Gasteiger charge is -2.35. The minimum absolute atomic E-state index is 0.0728. The molecule has 2 aromatic heterocycles. The van der Waals surface area contributed by atoms with Gasteiger partial charge < -0.3 is 4.90 Å². The van der Waals surface area contributed by atoms with Gasteiger partial charge in [0.2, 0.25) is 0 Å². The predicted octanol–water partition coefficient (Wildman–Crippen LogP) is 1.62. The van der Waals surface area contributed by atoms with E-state index in [1.165, 1.54) is 6.42 Å². The van der Waals surface area contributed by atoms with Crippen LogP contribution in [0.4, 0.5) is 0 Å². The molecule has 0 bridgehead atoms. The van der Waals surface area contributed by atoms with Crippen molar-refractivity contribution in [3.05, 3.63) is 35.9 Å². The number of piperidine rings is 1. The molecule has 1 atom stereocenters. The van der Waals surface area contributed by atoms with Gasteiger partial charge in [-0.05, 0) is 37.8 Å². The topological polar surface area (TPSA) is 56.0 Å². The standard InChI is InChI=1S/C15H21N5O/c1-12-9-17-19(10-12)11-13-5-3-4-8-20(13)15(21)14-6-7-16-18(14)2/h6-7,9-10,13H,3-5,8,11H2,1-2H3. The second-order valence-corrected chi connectivity index (χ2v) is 5.73. The number of amides is 1. The van der Waals surface area contributed by atoms with Crippen molar-refractivity contribution in [2.24, 2.45) is 7.05 Å². The van der Waals surface area contributed by atoms with Crippen molar-refractivity contribution >= 4 is 5.91 Å². The minimum Gasteiger partial charge on any atom is -0.332 e. The van der Waals surface area contributed by atoms with Gasteiger partial charge in [-0.25, -0.2) is 0 Å². The molecule has 0 radical (unpaired) electrons. The molecule has 3 rings (SSSR count). The molecule has 0 N–H and O–H groups in total. The summed E-state index contributed by atoms with van der Waals surface area (Å²) in [5, 5.41) is 8.44. The molecule has 1 saturated heterocycles. The van der Waals surface area contributed by atoms with Crippen LogP contribution in [0.3, 0.4) is 0 Å². The second kappa shape index (κ2) is 5.71. The van der Waals surface area contributed by atoms with E-state index >= 15 is 0 Å². The van der Waals surface area contributed by atoms with Gasteiger partial charge in [0.25, 0.3) is 5.91 Å². The average Bonchev–Trinajstić information content (AvgIpc) is 3.07. The lowest BCUT2D eigenvalue weighted by Crippen LogP contribution is -2.46. The van der Waals surface area contributed by atoms with E-state index in [2.05, 4.69) is 10.2 Å². The molecule has 1 aliphatic heterocycles. The van der Waals surface area contributed by atoms with E-state index in [0.29, 0.717) is 5.69 Å². The van der Waals surface area contributed by atoms with E-state index < -0.39 is 0 Å². The molecule has 0 saturated carbocycles. The summed E-state index contributed by atoms with van der Waals surface area (Å²) in [6.07, 6.45) is 8.82. The van der Waals surface area contributed by atoms with E-state index in [-0.39, 0.29) is 11.9 Å². The fraction of sp³-hybridized carbons (Fsp3) is 0.533. The number of likely N-dealkylation sites (tertiary alicyclic amines) is 1. The lowest BCUT2D eigenvalue weighted by atomic mass is 10.0. The second-order valence-electron chi connectivity index (χ2n) is 5.73. The Labute approximate surface area is 124 Å². The summed E-state index contributed by atoms with van der Waals surface area (Å²) < 4.78 is 3.58. The van der Waals surface area contributed by atoms with Crippen molar-refractivity contribution in [2.45, 2.75) is 38.8 Å². The molecule has 1 amide bonds. The minimum atomic E-state index is 0.0728. The quantitative estimate of drug-likeness (QED) is 0.862. The summed E-state index contributed by atoms with van der Waals surface area (Å²) in [5.74, 6) is 0.0728. The van der Waals surface area contributed by atoms with Gasteiger partial charge in [-0.15, -0.1) is 0 Å². The maximum atomic E-state index is 12.7. The number of carbonyl (C=O) groups excluding carboxylic acids is 1. The van der Waals surface area contributed by atoms with E-state index in [1.807, 2.05) is 35.9 Å². The van der Waals surface area contributed by atoms with Crippen LogP contribution < -0.4 is 0 Å². The third-order valence-electron chi connectivity index (χ3n) is 4.09. The number of nitrogens with zero attached hydrogens (tertiary/aromatic N) is 5. The molecule has 1 unspecified atom stereocenters. The molecule has 6 heteroatoms. The zero-order chi connectivity index (χ0) is 14.8. The van der Waals surface area contributed by atoms with Crippen LogP contribution in [0.15, 0.2) is 24.7 Å². The lowest BCUT2D eigenvalue weighted by molar-refractivity contribution is 0.0572. The van der Waals surface area contributed by atoms with Gasteiger partial charge in [0.15, 0.2) is 0 Å². The Morgan fingerprint density at radius 1 is 1.38 bits per heavy atom. The van der Waals surface area contributed by atoms with Crippen molar-refractivity contribution in [3.63, 3.8) is 0 Å². The molecule has 1 aliphatic rings. The number of hydrogen-bond acceptors (Lipinski definition) is 3. The van der Waals surface area contributed by atoms with E-state index in [9.17, 15) is 4.79 Å². The molecule has 3 heterocycles. The van der Waals surface area contributed by atoms with E-state index in [1.54, 1.807) is 16.9 Å². The number of carbonyl (C=O) groups is 1. The first-order chi connectivity index (χ1) is 10.1. The molecule has 0 aliphatic carbocycles. The van der Waals surface area contributed by atoms with Crippen LogP contribution in [-0.4, -0.2) is 43.0 Å². The Kier molecular flexibility index (Phi) is 3.77. The number of rotatable bonds is 3. The first kappa shape index (κ1) is 13.9. The van der Waals surface area contributed by atoms with Crippen LogP contribution >= 0.6 is 0 Å². The monoisotopic (exact) mass is 287 g/mol. The third kappa shape index (κ3) is 2.84. The van der Waals surface area contributed by atoms with Gasteiger partial charge in [-0.3, -0.25) is 14.2 Å². The Morgan fingerprint density at radius 3 is 2.90 bits per heavy atom. The molecule has 0 aromatic carbocycles. The van der Waals surface area contributed by atoms with Crippen LogP contribution in [0.2, 0.25) is 0 Å². The molecule has 0 spiro atoms. The fourth-order valence-corrected chi connectivity index (χ4v) is 2.97. The molecular weight excluding hydrogens is 266 g/mol. The summed E-state index contributed by atoms with van der Waals surface area (Å²) in [4.78, 5) is 14.7. The van der Waals surface area contributed by atoms with Gasteiger partial charge in [0, 0.05) is 26.0 Å². The van der Waals surface area contributed by atoms with Crippen molar-refractivity contribution in [1.82, 2.24) is 24.5 Å². The molecular formula is C15H21N5O. The van der Waals surface area contributed by atoms with Crippen LogP contribution in [-0.2, 0) is 13.6 Å². The van der Waals surface area contributed by atoms with Gasteiger partial charge in [0.1, 0.15) is 5.69 Å². The van der Waals surface area contributed by atoms with E-state index in [4.69, 9.17) is 0 Å². The zero-order valence-corrected chi connectivity index (χ0v) is 12.6. The molecule has 6 nitrogen and oxygen atoms in total. The van der Waals surface area contributed by atoms with Gasteiger partial charge in [-0.2, -0.15) is 10.2 Å². The highest BCUT2D eigenvalue weighted by Gasteiger charge is 2.29. The van der Waals surface area contributed by atoms with Crippen molar-refractivity contribution in [1.29, 1.82) is 0 Å². The van der Waals surface area contributed by atoms with Gasteiger partial charge >= 0.3 is 0 Å². The Bertz CT molecular complexity index is 630. The van der Waals surface area contributed by atoms with Gasteiger partial charge in [0.05, 0.1) is 18.8 Å². The van der Waals surface area contributed by atoms with Crippen LogP contribution in [0, 0.1) is 6.92 Å². The molecule has 2 aromatic rings. The summed E-state index contributed by atoms with van der Waals surface area (Å²) in [7, 11) is 1.81. The Balaban J connectivity index is 1.78. The zero-order valence-electron chi connectivity index (χ0n) is 12.6. The summed E-state index contributed by atoms with van der Waals surface area (Å²) in [6, 6.07) is 1.99. The van der Waals surface area contributed by atoms with Crippen molar-refractivity contribution < 1.29 is 4.79 Å². The Morgan fingerprint density at radius 2 is 2.24 bits per heavy atom. The average molecular weight is 287 g/mol. The summed E-state index contributed by atoms with van der Waals surface area (Å²) in [5.41, 5.74) is 1.80.